The van der Waals surface area contributed by atoms with Crippen molar-refractivity contribution in [2.24, 2.45) is 7.05 Å². The van der Waals surface area contributed by atoms with E-state index in [-0.39, 0.29) is 27.5 Å². The largest absolute Gasteiger partial charge is 0.476 e. The van der Waals surface area contributed by atoms with E-state index in [1.807, 2.05) is 11.8 Å². The monoisotopic (exact) mass is 552 g/mol. The second kappa shape index (κ2) is 10.4. The van der Waals surface area contributed by atoms with E-state index in [4.69, 9.17) is 16.6 Å². The second-order valence-electron chi connectivity index (χ2n) is 9.40. The third kappa shape index (κ3) is 5.19. The van der Waals surface area contributed by atoms with E-state index in [1.165, 1.54) is 28.8 Å². The van der Waals surface area contributed by atoms with Crippen LogP contribution in [0.2, 0.25) is 5.15 Å². The van der Waals surface area contributed by atoms with E-state index in [1.54, 1.807) is 26.4 Å². The molecular formula is C26H26ClFN8O3. The van der Waals surface area contributed by atoms with Crippen LogP contribution in [0.5, 0.6) is 0 Å². The standard InChI is InChI=1S/C26H26ClFN8O3/c1-14-12-29-25(30-13-14)35-6-8-36(9-7-35)26-33-21-17(10-16(28)11-18(21)23(37)34(26)3)15(2)31-19-4-5-20(27)32-22(19)24(38)39/h4-5,10-13,15,31H,6-9H2,1-3H3,(H,38,39)/t15-/m1/s1. The van der Waals surface area contributed by atoms with Gasteiger partial charge in [0.1, 0.15) is 11.0 Å². The fourth-order valence-corrected chi connectivity index (χ4v) is 4.80. The highest BCUT2D eigenvalue weighted by Gasteiger charge is 2.25. The van der Waals surface area contributed by atoms with E-state index >= 15 is 0 Å². The molecule has 202 valence electrons. The average Bonchev–Trinajstić information content (AvgIpc) is 2.92. The Balaban J connectivity index is 1.49. The summed E-state index contributed by atoms with van der Waals surface area (Å²) in [6.07, 6.45) is 3.55. The number of aromatic nitrogens is 5. The van der Waals surface area contributed by atoms with Crippen molar-refractivity contribution in [1.29, 1.82) is 0 Å². The molecule has 1 aromatic carbocycles. The fraction of sp³-hybridized carbons (Fsp3) is 0.308. The first-order valence-corrected chi connectivity index (χ1v) is 12.6. The number of benzene rings is 1. The van der Waals surface area contributed by atoms with Gasteiger partial charge in [-0.25, -0.2) is 29.1 Å². The Labute approximate surface area is 227 Å². The molecule has 0 radical (unpaired) electrons. The number of fused-ring (bicyclic) bond motifs is 1. The topological polar surface area (TPSA) is 129 Å². The minimum atomic E-state index is -1.26. The summed E-state index contributed by atoms with van der Waals surface area (Å²) < 4.78 is 16.1. The van der Waals surface area contributed by atoms with Crippen molar-refractivity contribution in [3.63, 3.8) is 0 Å². The summed E-state index contributed by atoms with van der Waals surface area (Å²) in [6.45, 7) is 6.08. The van der Waals surface area contributed by atoms with Crippen LogP contribution in [0.15, 0.2) is 41.5 Å². The van der Waals surface area contributed by atoms with Crippen LogP contribution in [0.3, 0.4) is 0 Å². The lowest BCUT2D eigenvalue weighted by molar-refractivity contribution is 0.0691. The van der Waals surface area contributed by atoms with Gasteiger partial charge in [0, 0.05) is 51.2 Å². The molecule has 0 bridgehead atoms. The van der Waals surface area contributed by atoms with Crippen LogP contribution in [0.25, 0.3) is 10.9 Å². The van der Waals surface area contributed by atoms with Gasteiger partial charge in [-0.05, 0) is 43.7 Å². The minimum absolute atomic E-state index is 0.0330. The third-order valence-corrected chi connectivity index (χ3v) is 6.88. The predicted octanol–water partition coefficient (Wildman–Crippen LogP) is 3.42. The van der Waals surface area contributed by atoms with Crippen LogP contribution in [0, 0.1) is 12.7 Å². The molecule has 1 aliphatic rings. The summed E-state index contributed by atoms with van der Waals surface area (Å²) in [5, 5.41) is 12.8. The molecule has 4 aromatic rings. The number of rotatable bonds is 6. The van der Waals surface area contributed by atoms with Gasteiger partial charge in [0.05, 0.1) is 22.6 Å². The Morgan fingerprint density at radius 1 is 1.10 bits per heavy atom. The van der Waals surface area contributed by atoms with E-state index < -0.39 is 17.8 Å². The van der Waals surface area contributed by atoms with Gasteiger partial charge < -0.3 is 20.2 Å². The van der Waals surface area contributed by atoms with Crippen LogP contribution in [-0.4, -0.2) is 61.8 Å². The molecule has 1 saturated heterocycles. The molecule has 39 heavy (non-hydrogen) atoms. The molecule has 11 nitrogen and oxygen atoms in total. The van der Waals surface area contributed by atoms with Crippen molar-refractivity contribution >= 4 is 46.1 Å². The number of pyridine rings is 1. The number of hydrogen-bond acceptors (Lipinski definition) is 9. The van der Waals surface area contributed by atoms with E-state index in [0.717, 1.165) is 5.56 Å². The molecule has 0 saturated carbocycles. The van der Waals surface area contributed by atoms with E-state index in [0.29, 0.717) is 49.2 Å². The van der Waals surface area contributed by atoms with Crippen molar-refractivity contribution in [3.8, 4) is 0 Å². The average molecular weight is 553 g/mol. The first kappa shape index (κ1) is 26.3. The molecule has 3 aromatic heterocycles. The van der Waals surface area contributed by atoms with Crippen molar-refractivity contribution in [3.05, 3.63) is 74.8 Å². The SMILES string of the molecule is Cc1cnc(N2CCN(c3nc4c([C@@H](C)Nc5ccc(Cl)nc5C(=O)O)cc(F)cc4c(=O)n3C)CC2)nc1. The fourth-order valence-electron chi connectivity index (χ4n) is 4.65. The normalized spacial score (nSPS) is 14.5. The number of nitrogens with one attached hydrogen (secondary N) is 1. The first-order chi connectivity index (χ1) is 18.6. The van der Waals surface area contributed by atoms with Crippen LogP contribution in [0.1, 0.15) is 34.6 Å². The van der Waals surface area contributed by atoms with Crippen molar-refractivity contribution in [2.75, 3.05) is 41.3 Å². The number of carboxylic acids is 1. The molecule has 1 atom stereocenters. The lowest BCUT2D eigenvalue weighted by atomic mass is 10.0. The molecule has 4 heterocycles. The zero-order valence-corrected chi connectivity index (χ0v) is 22.3. The van der Waals surface area contributed by atoms with Gasteiger partial charge in [-0.15, -0.1) is 0 Å². The molecule has 0 unspecified atom stereocenters. The molecule has 1 aliphatic heterocycles. The zero-order chi connectivity index (χ0) is 27.8. The summed E-state index contributed by atoms with van der Waals surface area (Å²) in [7, 11) is 1.62. The summed E-state index contributed by atoms with van der Waals surface area (Å²) in [4.78, 5) is 46.6. The number of anilines is 3. The maximum Gasteiger partial charge on any atom is 0.356 e. The highest BCUT2D eigenvalue weighted by Crippen LogP contribution is 2.29. The number of carboxylic acid groups (broad SMARTS) is 1. The van der Waals surface area contributed by atoms with Crippen LogP contribution in [0.4, 0.5) is 22.0 Å². The maximum absolute atomic E-state index is 14.7. The number of piperazine rings is 1. The first-order valence-electron chi connectivity index (χ1n) is 12.3. The summed E-state index contributed by atoms with van der Waals surface area (Å²) in [6, 6.07) is 4.80. The van der Waals surface area contributed by atoms with E-state index in [2.05, 4.69) is 25.2 Å². The number of aromatic carboxylic acids is 1. The Hall–Kier alpha value is -4.32. The number of nitrogens with zero attached hydrogens (tertiary/aromatic N) is 7. The maximum atomic E-state index is 14.7. The van der Waals surface area contributed by atoms with Crippen molar-refractivity contribution in [1.82, 2.24) is 24.5 Å². The quantitative estimate of drug-likeness (QED) is 0.343. The Kier molecular flexibility index (Phi) is 7.04. The predicted molar refractivity (Wildman–Crippen MR) is 146 cm³/mol. The minimum Gasteiger partial charge on any atom is -0.476 e. The highest BCUT2D eigenvalue weighted by atomic mass is 35.5. The lowest BCUT2D eigenvalue weighted by Gasteiger charge is -2.36. The number of hydrogen-bond donors (Lipinski definition) is 2. The second-order valence-corrected chi connectivity index (χ2v) is 9.79. The van der Waals surface area contributed by atoms with Crippen molar-refractivity contribution < 1.29 is 14.3 Å². The Bertz CT molecular complexity index is 1620. The van der Waals surface area contributed by atoms with Gasteiger partial charge in [0.25, 0.3) is 5.56 Å². The van der Waals surface area contributed by atoms with Gasteiger partial charge in [-0.1, -0.05) is 11.6 Å². The van der Waals surface area contributed by atoms with Crippen LogP contribution >= 0.6 is 11.6 Å². The zero-order valence-electron chi connectivity index (χ0n) is 21.5. The molecule has 5 rings (SSSR count). The van der Waals surface area contributed by atoms with Gasteiger partial charge in [-0.2, -0.15) is 0 Å². The van der Waals surface area contributed by atoms with Gasteiger partial charge in [-0.3, -0.25) is 9.36 Å². The molecule has 0 spiro atoms. The highest BCUT2D eigenvalue weighted by molar-refractivity contribution is 6.29. The summed E-state index contributed by atoms with van der Waals surface area (Å²) in [5.41, 5.74) is 1.27. The summed E-state index contributed by atoms with van der Waals surface area (Å²) >= 11 is 5.87. The third-order valence-electron chi connectivity index (χ3n) is 6.67. The van der Waals surface area contributed by atoms with Gasteiger partial charge in [0.15, 0.2) is 5.69 Å². The van der Waals surface area contributed by atoms with Crippen LogP contribution in [-0.2, 0) is 7.05 Å². The van der Waals surface area contributed by atoms with Crippen molar-refractivity contribution in [2.45, 2.75) is 19.9 Å². The number of aryl methyl sites for hydroxylation is 1. The molecule has 0 amide bonds. The molecular weight excluding hydrogens is 527 g/mol. The Morgan fingerprint density at radius 3 is 2.44 bits per heavy atom. The van der Waals surface area contributed by atoms with Crippen LogP contribution < -0.4 is 20.7 Å². The molecule has 2 N–H and O–H groups in total. The Morgan fingerprint density at radius 2 is 1.77 bits per heavy atom. The smallest absolute Gasteiger partial charge is 0.356 e. The molecule has 1 fully saturated rings. The lowest BCUT2D eigenvalue weighted by Crippen LogP contribution is -2.48. The molecule has 13 heteroatoms. The summed E-state index contributed by atoms with van der Waals surface area (Å²) in [5.74, 6) is -0.759. The molecule has 0 aliphatic carbocycles. The number of halogens is 2. The van der Waals surface area contributed by atoms with Gasteiger partial charge in [0.2, 0.25) is 11.9 Å². The van der Waals surface area contributed by atoms with E-state index in [9.17, 15) is 19.1 Å². The van der Waals surface area contributed by atoms with Gasteiger partial charge >= 0.3 is 5.97 Å². The number of carbonyl (C=O) groups is 1.